The summed E-state index contributed by atoms with van der Waals surface area (Å²) in [4.78, 5) is 39.9. The van der Waals surface area contributed by atoms with Crippen molar-refractivity contribution in [3.63, 3.8) is 0 Å². The maximum atomic E-state index is 15.3. The molecule has 1 saturated carbocycles. The molecule has 0 aliphatic heterocycles. The Morgan fingerprint density at radius 3 is 2.28 bits per heavy atom. The highest BCUT2D eigenvalue weighted by Crippen LogP contribution is 2.53. The molecule has 0 aromatic heterocycles. The Morgan fingerprint density at radius 2 is 1.74 bits per heavy atom. The molecule has 39 heavy (non-hydrogen) atoms. The average Bonchev–Trinajstić information content (AvgIpc) is 2.80. The lowest BCUT2D eigenvalue weighted by Crippen LogP contribution is -2.65. The molecular weight excluding hydrogens is 518 g/mol. The molecule has 212 valence electrons. The molecule has 3 aliphatic rings. The van der Waals surface area contributed by atoms with Crippen LogP contribution in [0.2, 0.25) is 0 Å². The molecule has 6 N–H and O–H groups in total. The number of hydrogen-bond acceptors (Lipinski definition) is 9. The second-order valence-corrected chi connectivity index (χ2v) is 11.9. The number of carbonyl (C=O) groups excluding carboxylic acids is 2. The van der Waals surface area contributed by atoms with Crippen molar-refractivity contribution < 1.29 is 48.7 Å². The molecule has 3 aliphatic carbocycles. The van der Waals surface area contributed by atoms with Gasteiger partial charge in [-0.2, -0.15) is 0 Å². The number of rotatable bonds is 5. The van der Waals surface area contributed by atoms with Crippen molar-refractivity contribution in [2.75, 3.05) is 20.6 Å². The van der Waals surface area contributed by atoms with Gasteiger partial charge < -0.3 is 30.8 Å². The number of carboxylic acids is 1. The van der Waals surface area contributed by atoms with Crippen LogP contribution in [-0.4, -0.2) is 80.3 Å². The van der Waals surface area contributed by atoms with Gasteiger partial charge in [-0.1, -0.05) is 20.8 Å². The van der Waals surface area contributed by atoms with Crippen LogP contribution in [0.3, 0.4) is 0 Å². The van der Waals surface area contributed by atoms with Crippen LogP contribution in [-0.2, 0) is 27.3 Å². The monoisotopic (exact) mass is 550 g/mol. The lowest BCUT2D eigenvalue weighted by molar-refractivity contribution is -0.155. The summed E-state index contributed by atoms with van der Waals surface area (Å²) >= 11 is 0. The molecule has 10 nitrogen and oxygen atoms in total. The van der Waals surface area contributed by atoms with E-state index in [4.69, 9.17) is 0 Å². The lowest BCUT2D eigenvalue weighted by Gasteiger charge is -2.50. The first kappa shape index (κ1) is 28.7. The minimum Gasteiger partial charge on any atom is -0.508 e. The van der Waals surface area contributed by atoms with E-state index in [1.807, 2.05) is 20.8 Å². The Labute approximate surface area is 223 Å². The fourth-order valence-corrected chi connectivity index (χ4v) is 6.04. The van der Waals surface area contributed by atoms with E-state index >= 15 is 8.78 Å². The van der Waals surface area contributed by atoms with E-state index in [9.17, 15) is 39.9 Å². The number of likely N-dealkylation sites (N-methyl/N-ethyl adjacent to an activating group) is 1. The van der Waals surface area contributed by atoms with Crippen molar-refractivity contribution in [1.82, 2.24) is 10.2 Å². The molecular formula is C27H32F2N2O8. The normalized spacial score (nSPS) is 27.1. The highest BCUT2D eigenvalue weighted by Gasteiger charge is 2.64. The number of fused-ring (bicyclic) bond motifs is 3. The number of halogens is 2. The van der Waals surface area contributed by atoms with Crippen LogP contribution in [0, 0.1) is 28.9 Å². The van der Waals surface area contributed by atoms with E-state index in [0.29, 0.717) is 6.54 Å². The fraction of sp³-hybridized carbons (Fsp3) is 0.519. The zero-order chi connectivity index (χ0) is 29.4. The molecule has 1 aromatic rings. The number of hydrogen-bond donors (Lipinski definition) is 6. The van der Waals surface area contributed by atoms with Gasteiger partial charge in [-0.05, 0) is 38.3 Å². The molecule has 0 heterocycles. The predicted octanol–water partition coefficient (Wildman–Crippen LogP) is 1.98. The summed E-state index contributed by atoms with van der Waals surface area (Å²) in [7, 11) is 2.85. The quantitative estimate of drug-likeness (QED) is 0.298. The van der Waals surface area contributed by atoms with Crippen molar-refractivity contribution in [3.05, 3.63) is 45.2 Å². The van der Waals surface area contributed by atoms with Gasteiger partial charge in [-0.15, -0.1) is 0 Å². The zero-order valence-electron chi connectivity index (χ0n) is 22.2. The van der Waals surface area contributed by atoms with E-state index in [1.165, 1.54) is 19.0 Å². The zero-order valence-corrected chi connectivity index (χ0v) is 22.2. The number of aliphatic hydroxyl groups excluding tert-OH is 2. The predicted molar refractivity (Wildman–Crippen MR) is 134 cm³/mol. The number of nitrogens with zero attached hydrogens (tertiary/aromatic N) is 1. The largest absolute Gasteiger partial charge is 0.508 e. The number of phenolic OH excluding ortho intramolecular Hbond substituents is 1. The molecule has 0 bridgehead atoms. The first-order valence-corrected chi connectivity index (χ1v) is 12.5. The summed E-state index contributed by atoms with van der Waals surface area (Å²) in [5, 5.41) is 56.9. The topological polar surface area (TPSA) is 168 Å². The SMILES string of the molecule is CN(C)[C@@H]1C(=O)C(C(=O)O)=C(O)[C@@]2(O)C(=O)C3=C(O)c4c(O)c(CNCC(C)(C)C)c(F)c(F)c4CC3C[C@@H]12. The summed E-state index contributed by atoms with van der Waals surface area (Å²) in [6.07, 6.45) is -0.618. The maximum absolute atomic E-state index is 15.3. The molecule has 1 fully saturated rings. The molecule has 4 atom stereocenters. The Hall–Kier alpha value is -3.35. The van der Waals surface area contributed by atoms with Crippen LogP contribution in [0.4, 0.5) is 8.78 Å². The van der Waals surface area contributed by atoms with E-state index in [2.05, 4.69) is 5.32 Å². The number of nitrogens with one attached hydrogen (secondary N) is 1. The van der Waals surface area contributed by atoms with Gasteiger partial charge in [-0.3, -0.25) is 14.5 Å². The van der Waals surface area contributed by atoms with Gasteiger partial charge in [0.1, 0.15) is 17.1 Å². The Morgan fingerprint density at radius 1 is 1.13 bits per heavy atom. The summed E-state index contributed by atoms with van der Waals surface area (Å²) < 4.78 is 30.4. The van der Waals surface area contributed by atoms with Crippen molar-refractivity contribution in [2.45, 2.75) is 51.8 Å². The Bertz CT molecular complexity index is 1360. The number of aliphatic carboxylic acids is 1. The highest BCUT2D eigenvalue weighted by molar-refractivity contribution is 6.23. The molecule has 0 radical (unpaired) electrons. The van der Waals surface area contributed by atoms with Crippen molar-refractivity contribution in [2.24, 2.45) is 17.3 Å². The molecule has 0 spiro atoms. The van der Waals surface area contributed by atoms with E-state index < -0.39 is 92.2 Å². The first-order chi connectivity index (χ1) is 17.9. The molecule has 0 amide bonds. The van der Waals surface area contributed by atoms with E-state index in [1.54, 1.807) is 0 Å². The number of phenols is 1. The molecule has 1 aromatic carbocycles. The van der Waals surface area contributed by atoms with Crippen LogP contribution in [0.15, 0.2) is 16.9 Å². The number of Topliss-reactive ketones (excluding diaryl/α,β-unsaturated/α-hetero) is 2. The van der Waals surface area contributed by atoms with Gasteiger partial charge in [-0.25, -0.2) is 13.6 Å². The van der Waals surface area contributed by atoms with Crippen molar-refractivity contribution in [3.8, 4) is 5.75 Å². The van der Waals surface area contributed by atoms with Crippen LogP contribution >= 0.6 is 0 Å². The summed E-state index contributed by atoms with van der Waals surface area (Å²) in [6.45, 7) is 5.82. The van der Waals surface area contributed by atoms with Gasteiger partial charge in [0.25, 0.3) is 0 Å². The van der Waals surface area contributed by atoms with Gasteiger partial charge in [0.15, 0.2) is 28.8 Å². The number of benzene rings is 1. The fourth-order valence-electron chi connectivity index (χ4n) is 6.04. The third-order valence-electron chi connectivity index (χ3n) is 7.78. The van der Waals surface area contributed by atoms with Crippen LogP contribution in [0.1, 0.15) is 43.9 Å². The number of ketones is 2. The first-order valence-electron chi connectivity index (χ1n) is 12.5. The van der Waals surface area contributed by atoms with Crippen molar-refractivity contribution in [1.29, 1.82) is 0 Å². The van der Waals surface area contributed by atoms with Crippen LogP contribution in [0.25, 0.3) is 5.76 Å². The third kappa shape index (κ3) is 4.21. The second kappa shape index (κ2) is 9.39. The van der Waals surface area contributed by atoms with E-state index in [-0.39, 0.29) is 30.4 Å². The number of carbonyl (C=O) groups is 3. The average molecular weight is 551 g/mol. The minimum absolute atomic E-state index is 0.215. The van der Waals surface area contributed by atoms with Crippen LogP contribution in [0.5, 0.6) is 5.75 Å². The number of aliphatic hydroxyl groups is 3. The van der Waals surface area contributed by atoms with Crippen LogP contribution < -0.4 is 5.32 Å². The number of aromatic hydroxyl groups is 1. The summed E-state index contributed by atoms with van der Waals surface area (Å²) in [5.41, 5.74) is -6.08. The Balaban J connectivity index is 1.90. The number of carboxylic acid groups (broad SMARTS) is 1. The third-order valence-corrected chi connectivity index (χ3v) is 7.78. The second-order valence-electron chi connectivity index (χ2n) is 11.9. The van der Waals surface area contributed by atoms with Gasteiger partial charge >= 0.3 is 5.97 Å². The molecule has 1 unspecified atom stereocenters. The molecule has 0 saturated heterocycles. The van der Waals surface area contributed by atoms with Crippen molar-refractivity contribution >= 4 is 23.3 Å². The minimum atomic E-state index is -2.89. The molecule has 12 heteroatoms. The smallest absolute Gasteiger partial charge is 0.342 e. The lowest BCUT2D eigenvalue weighted by atomic mass is 9.57. The maximum Gasteiger partial charge on any atom is 0.342 e. The van der Waals surface area contributed by atoms with Gasteiger partial charge in [0.05, 0.1) is 11.6 Å². The highest BCUT2D eigenvalue weighted by atomic mass is 19.2. The summed E-state index contributed by atoms with van der Waals surface area (Å²) in [5.74, 6) is -12.2. The van der Waals surface area contributed by atoms with E-state index in [0.717, 1.165) is 0 Å². The summed E-state index contributed by atoms with van der Waals surface area (Å²) in [6, 6.07) is -1.35. The molecule has 4 rings (SSSR count). The van der Waals surface area contributed by atoms with Gasteiger partial charge in [0.2, 0.25) is 5.78 Å². The standard InChI is InChI=1S/C27H32F2N2O8/c1-26(2,3)9-30-8-12-18(29)17(28)11-6-10-7-13-19(31(4)5)22(34)16(25(37)38)24(36)27(13,39)23(35)14(10)21(33)15(11)20(12)32/h10,13,19,30,32-33,36,39H,6-9H2,1-5H3,(H,37,38)/t10?,13-,19-,27-/m0/s1. The van der Waals surface area contributed by atoms with Gasteiger partial charge in [0, 0.05) is 35.7 Å². The Kier molecular flexibility index (Phi) is 6.90.